The van der Waals surface area contributed by atoms with E-state index in [2.05, 4.69) is 24.1 Å². The lowest BCUT2D eigenvalue weighted by Gasteiger charge is -2.24. The molecule has 1 aliphatic carbocycles. The summed E-state index contributed by atoms with van der Waals surface area (Å²) in [6.45, 7) is 8.50. The van der Waals surface area contributed by atoms with Gasteiger partial charge in [0.2, 0.25) is 0 Å². The Morgan fingerprint density at radius 1 is 1.29 bits per heavy atom. The van der Waals surface area contributed by atoms with Crippen molar-refractivity contribution in [3.8, 4) is 5.75 Å². The summed E-state index contributed by atoms with van der Waals surface area (Å²) in [5.74, 6) is 0.842. The van der Waals surface area contributed by atoms with Crippen molar-refractivity contribution in [1.29, 1.82) is 0 Å². The molecule has 0 spiro atoms. The summed E-state index contributed by atoms with van der Waals surface area (Å²) in [5, 5.41) is 4.29. The number of benzene rings is 1. The molecule has 2 aromatic heterocycles. The third-order valence-electron chi connectivity index (χ3n) is 6.20. The second-order valence-corrected chi connectivity index (χ2v) is 9.00. The minimum atomic E-state index is -0.297. The number of rotatable bonds is 5. The molecule has 1 amide bonds. The van der Waals surface area contributed by atoms with Gasteiger partial charge in [0.05, 0.1) is 13.2 Å². The molecule has 0 radical (unpaired) electrons. The summed E-state index contributed by atoms with van der Waals surface area (Å²) < 4.78 is 7.10. The summed E-state index contributed by atoms with van der Waals surface area (Å²) in [7, 11) is 1.67. The summed E-state index contributed by atoms with van der Waals surface area (Å²) in [4.78, 5) is 29.9. The number of methoxy groups -OCH3 is 1. The fourth-order valence-electron chi connectivity index (χ4n) is 4.74. The average Bonchev–Trinajstić information content (AvgIpc) is 3.09. The first-order valence-corrected chi connectivity index (χ1v) is 11.0. The fraction of sp³-hybridized carbons (Fsp3) is 0.440. The van der Waals surface area contributed by atoms with Crippen LogP contribution in [0.1, 0.15) is 65.6 Å². The van der Waals surface area contributed by atoms with E-state index in [1.165, 1.54) is 5.56 Å². The second kappa shape index (κ2) is 8.25. The maximum atomic E-state index is 13.3. The fourth-order valence-corrected chi connectivity index (χ4v) is 4.74. The van der Waals surface area contributed by atoms with Gasteiger partial charge in [0.1, 0.15) is 11.3 Å². The topological polar surface area (TPSA) is 76.1 Å². The monoisotopic (exact) mass is 421 g/mol. The molecule has 2 N–H and O–H groups in total. The van der Waals surface area contributed by atoms with E-state index < -0.39 is 0 Å². The number of hydrogen-bond donors (Lipinski definition) is 2. The van der Waals surface area contributed by atoms with Gasteiger partial charge < -0.3 is 19.6 Å². The first-order chi connectivity index (χ1) is 14.8. The van der Waals surface area contributed by atoms with Gasteiger partial charge in [-0.05, 0) is 74.4 Å². The number of aryl methyl sites for hydroxylation is 3. The van der Waals surface area contributed by atoms with Gasteiger partial charge in [-0.25, -0.2) is 0 Å². The molecule has 3 aromatic rings. The van der Waals surface area contributed by atoms with Gasteiger partial charge in [-0.3, -0.25) is 9.59 Å². The minimum Gasteiger partial charge on any atom is -0.497 e. The predicted octanol–water partition coefficient (Wildman–Crippen LogP) is 4.42. The van der Waals surface area contributed by atoms with Crippen LogP contribution in [0.4, 0.5) is 0 Å². The number of nitrogens with one attached hydrogen (secondary N) is 2. The molecular weight excluding hydrogens is 390 g/mol. The van der Waals surface area contributed by atoms with Crippen LogP contribution in [0.5, 0.6) is 5.75 Å². The molecule has 0 fully saturated rings. The van der Waals surface area contributed by atoms with Crippen LogP contribution < -0.4 is 15.6 Å². The predicted molar refractivity (Wildman–Crippen MR) is 123 cm³/mol. The standard InChI is InChI=1S/C25H31N3O3/c1-14(2)13-28-16(4)11-15(3)22(25(28)30)24(29)27-21-8-6-7-18-19-12-17(31-5)9-10-20(19)26-23(18)21/h9-12,14,21,26H,6-8,13H2,1-5H3,(H,27,29)/t21-/m0/s1. The molecule has 4 rings (SSSR count). The molecule has 164 valence electrons. The number of ether oxygens (including phenoxy) is 1. The van der Waals surface area contributed by atoms with Crippen LogP contribution in [0.2, 0.25) is 0 Å². The largest absolute Gasteiger partial charge is 0.497 e. The number of H-pyrrole nitrogens is 1. The zero-order chi connectivity index (χ0) is 22.3. The van der Waals surface area contributed by atoms with E-state index in [0.29, 0.717) is 12.5 Å². The van der Waals surface area contributed by atoms with Gasteiger partial charge in [0.25, 0.3) is 11.5 Å². The summed E-state index contributed by atoms with van der Waals surface area (Å²) >= 11 is 0. The maximum absolute atomic E-state index is 13.3. The molecule has 6 heteroatoms. The summed E-state index contributed by atoms with van der Waals surface area (Å²) in [6, 6.07) is 7.78. The third-order valence-corrected chi connectivity index (χ3v) is 6.20. The van der Waals surface area contributed by atoms with E-state index in [9.17, 15) is 9.59 Å². The molecular formula is C25H31N3O3. The quantitative estimate of drug-likeness (QED) is 0.640. The molecule has 0 bridgehead atoms. The van der Waals surface area contributed by atoms with Crippen molar-refractivity contribution in [3.05, 3.63) is 62.7 Å². The average molecular weight is 422 g/mol. The maximum Gasteiger partial charge on any atom is 0.263 e. The highest BCUT2D eigenvalue weighted by atomic mass is 16.5. The number of aromatic amines is 1. The smallest absolute Gasteiger partial charge is 0.263 e. The number of hydrogen-bond acceptors (Lipinski definition) is 3. The Morgan fingerprint density at radius 3 is 2.77 bits per heavy atom. The molecule has 1 aliphatic rings. The van der Waals surface area contributed by atoms with Gasteiger partial charge in [-0.15, -0.1) is 0 Å². The number of nitrogens with zero attached hydrogens (tertiary/aromatic N) is 1. The van der Waals surface area contributed by atoms with E-state index in [0.717, 1.165) is 52.9 Å². The van der Waals surface area contributed by atoms with Crippen LogP contribution >= 0.6 is 0 Å². The van der Waals surface area contributed by atoms with Crippen molar-refractivity contribution < 1.29 is 9.53 Å². The zero-order valence-corrected chi connectivity index (χ0v) is 19.0. The Hall–Kier alpha value is -3.02. The van der Waals surface area contributed by atoms with Gasteiger partial charge in [0, 0.05) is 28.8 Å². The normalized spacial score (nSPS) is 15.9. The number of aromatic nitrogens is 2. The SMILES string of the molecule is COc1ccc2[nH]c3c(c2c1)CCC[C@@H]3NC(=O)c1c(C)cc(C)n(CC(C)C)c1=O. The zero-order valence-electron chi connectivity index (χ0n) is 19.0. The van der Waals surface area contributed by atoms with Crippen LogP contribution in [-0.2, 0) is 13.0 Å². The van der Waals surface area contributed by atoms with Crippen LogP contribution in [0, 0.1) is 19.8 Å². The lowest BCUT2D eigenvalue weighted by atomic mass is 9.91. The van der Waals surface area contributed by atoms with Crippen molar-refractivity contribution in [2.45, 2.75) is 59.5 Å². The van der Waals surface area contributed by atoms with Crippen molar-refractivity contribution >= 4 is 16.8 Å². The van der Waals surface area contributed by atoms with E-state index in [-0.39, 0.29) is 23.1 Å². The Labute approximate surface area is 182 Å². The number of pyridine rings is 1. The van der Waals surface area contributed by atoms with Crippen molar-refractivity contribution in [3.63, 3.8) is 0 Å². The molecule has 31 heavy (non-hydrogen) atoms. The van der Waals surface area contributed by atoms with Crippen LogP contribution in [0.3, 0.4) is 0 Å². The van der Waals surface area contributed by atoms with E-state index in [1.54, 1.807) is 11.7 Å². The minimum absolute atomic E-state index is 0.145. The highest BCUT2D eigenvalue weighted by Crippen LogP contribution is 2.36. The Kier molecular flexibility index (Phi) is 5.65. The highest BCUT2D eigenvalue weighted by Gasteiger charge is 2.28. The summed E-state index contributed by atoms with van der Waals surface area (Å²) in [5.41, 5.74) is 4.95. The lowest BCUT2D eigenvalue weighted by Crippen LogP contribution is -2.38. The van der Waals surface area contributed by atoms with E-state index in [4.69, 9.17) is 4.74 Å². The van der Waals surface area contributed by atoms with Crippen LogP contribution in [0.15, 0.2) is 29.1 Å². The summed E-state index contributed by atoms with van der Waals surface area (Å²) in [6.07, 6.45) is 2.78. The second-order valence-electron chi connectivity index (χ2n) is 9.00. The molecule has 1 aromatic carbocycles. The third kappa shape index (κ3) is 3.87. The van der Waals surface area contributed by atoms with Crippen LogP contribution in [-0.4, -0.2) is 22.6 Å². The first-order valence-electron chi connectivity index (χ1n) is 11.0. The first kappa shape index (κ1) is 21.2. The van der Waals surface area contributed by atoms with Gasteiger partial charge in [-0.2, -0.15) is 0 Å². The lowest BCUT2D eigenvalue weighted by molar-refractivity contribution is 0.0929. The molecule has 0 unspecified atom stereocenters. The molecule has 0 aliphatic heterocycles. The number of carbonyl (C=O) groups is 1. The highest BCUT2D eigenvalue weighted by molar-refractivity contribution is 5.96. The van der Waals surface area contributed by atoms with Gasteiger partial charge in [-0.1, -0.05) is 13.8 Å². The number of carbonyl (C=O) groups excluding carboxylic acids is 1. The molecule has 6 nitrogen and oxygen atoms in total. The molecule has 0 saturated heterocycles. The van der Waals surface area contributed by atoms with Gasteiger partial charge >= 0.3 is 0 Å². The Balaban J connectivity index is 1.69. The van der Waals surface area contributed by atoms with E-state index in [1.807, 2.05) is 38.1 Å². The number of fused-ring (bicyclic) bond motifs is 3. The van der Waals surface area contributed by atoms with E-state index >= 15 is 0 Å². The van der Waals surface area contributed by atoms with Crippen molar-refractivity contribution in [2.75, 3.05) is 7.11 Å². The van der Waals surface area contributed by atoms with Crippen molar-refractivity contribution in [1.82, 2.24) is 14.9 Å². The Morgan fingerprint density at radius 2 is 2.06 bits per heavy atom. The van der Waals surface area contributed by atoms with Crippen LogP contribution in [0.25, 0.3) is 10.9 Å². The van der Waals surface area contributed by atoms with Crippen molar-refractivity contribution in [2.24, 2.45) is 5.92 Å². The van der Waals surface area contributed by atoms with Gasteiger partial charge in [0.15, 0.2) is 0 Å². The number of amides is 1. The molecule has 2 heterocycles. The Bertz CT molecular complexity index is 1200. The molecule has 1 atom stereocenters. The molecule has 0 saturated carbocycles.